The smallest absolute Gasteiger partial charge is 0.139 e. The van der Waals surface area contributed by atoms with Crippen LogP contribution in [0.15, 0.2) is 5.16 Å². The van der Waals surface area contributed by atoms with E-state index in [1.54, 1.807) is 0 Å². The molecule has 1 aliphatic rings. The molecule has 3 N–H and O–H groups in total. The molecule has 2 unspecified atom stereocenters. The number of nitrogens with two attached hydrogens (primary N) is 1. The van der Waals surface area contributed by atoms with E-state index in [1.807, 2.05) is 0 Å². The first-order valence-corrected chi connectivity index (χ1v) is 6.49. The van der Waals surface area contributed by atoms with E-state index in [2.05, 4.69) is 23.9 Å². The number of ether oxygens (including phenoxy) is 1. The lowest BCUT2D eigenvalue weighted by Gasteiger charge is -2.38. The highest BCUT2D eigenvalue weighted by Crippen LogP contribution is 2.15. The molecule has 0 radical (unpaired) electrons. The van der Waals surface area contributed by atoms with Crippen molar-refractivity contribution < 1.29 is 9.94 Å². The summed E-state index contributed by atoms with van der Waals surface area (Å²) in [5, 5.41) is 11.4. The maximum Gasteiger partial charge on any atom is 0.139 e. The second-order valence-corrected chi connectivity index (χ2v) is 4.75. The highest BCUT2D eigenvalue weighted by atomic mass is 16.5. The molecular weight excluding hydrogens is 218 g/mol. The molecule has 0 aromatic carbocycles. The molecule has 0 saturated carbocycles. The first kappa shape index (κ1) is 14.3. The Labute approximate surface area is 104 Å². The van der Waals surface area contributed by atoms with Crippen LogP contribution >= 0.6 is 0 Å². The Kier molecular flexibility index (Phi) is 6.29. The fourth-order valence-electron chi connectivity index (χ4n) is 2.23. The number of amidine groups is 1. The lowest BCUT2D eigenvalue weighted by atomic mass is 10.1. The fourth-order valence-corrected chi connectivity index (χ4v) is 2.23. The summed E-state index contributed by atoms with van der Waals surface area (Å²) in [6.07, 6.45) is 4.19. The first-order valence-electron chi connectivity index (χ1n) is 6.49. The highest BCUT2D eigenvalue weighted by Gasteiger charge is 2.24. The number of rotatable bonds is 6. The van der Waals surface area contributed by atoms with Crippen molar-refractivity contribution >= 4 is 5.84 Å². The molecule has 2 atom stereocenters. The Morgan fingerprint density at radius 1 is 1.53 bits per heavy atom. The van der Waals surface area contributed by atoms with E-state index < -0.39 is 0 Å². The molecule has 1 rings (SSSR count). The zero-order valence-electron chi connectivity index (χ0n) is 10.9. The fraction of sp³-hybridized carbons (Fsp3) is 0.917. The summed E-state index contributed by atoms with van der Waals surface area (Å²) in [5.41, 5.74) is 5.43. The van der Waals surface area contributed by atoms with Crippen LogP contribution in [0.5, 0.6) is 0 Å². The van der Waals surface area contributed by atoms with Gasteiger partial charge in [0.1, 0.15) is 5.84 Å². The minimum absolute atomic E-state index is 0.326. The summed E-state index contributed by atoms with van der Waals surface area (Å²) in [6, 6.07) is 0.551. The van der Waals surface area contributed by atoms with Crippen molar-refractivity contribution in [2.24, 2.45) is 10.9 Å². The zero-order chi connectivity index (χ0) is 12.7. The van der Waals surface area contributed by atoms with E-state index in [0.29, 0.717) is 24.4 Å². The van der Waals surface area contributed by atoms with Gasteiger partial charge in [-0.3, -0.25) is 4.90 Å². The lowest BCUT2D eigenvalue weighted by molar-refractivity contribution is -0.0560. The van der Waals surface area contributed by atoms with Gasteiger partial charge in [-0.05, 0) is 32.7 Å². The van der Waals surface area contributed by atoms with Crippen LogP contribution in [0, 0.1) is 0 Å². The molecule has 5 nitrogen and oxygen atoms in total. The van der Waals surface area contributed by atoms with Crippen molar-refractivity contribution in [1.29, 1.82) is 0 Å². The van der Waals surface area contributed by atoms with E-state index in [4.69, 9.17) is 15.7 Å². The largest absolute Gasteiger partial charge is 0.409 e. The van der Waals surface area contributed by atoms with Crippen molar-refractivity contribution in [1.82, 2.24) is 4.90 Å². The van der Waals surface area contributed by atoms with Gasteiger partial charge < -0.3 is 15.7 Å². The summed E-state index contributed by atoms with van der Waals surface area (Å²) >= 11 is 0. The summed E-state index contributed by atoms with van der Waals surface area (Å²) in [7, 11) is 0. The molecule has 1 aliphatic heterocycles. The van der Waals surface area contributed by atoms with Crippen molar-refractivity contribution in [3.05, 3.63) is 0 Å². The Hall–Kier alpha value is -0.810. The SMILES string of the molecule is CCC1COC(C)CN1CCCCC(N)=NO. The molecule has 17 heavy (non-hydrogen) atoms. The normalized spacial score (nSPS) is 27.3. The Balaban J connectivity index is 2.23. The van der Waals surface area contributed by atoms with Gasteiger partial charge in [0.05, 0.1) is 12.7 Å². The van der Waals surface area contributed by atoms with Gasteiger partial charge in [0.25, 0.3) is 0 Å². The average molecular weight is 243 g/mol. The Bertz CT molecular complexity index is 246. The Morgan fingerprint density at radius 3 is 2.94 bits per heavy atom. The Morgan fingerprint density at radius 2 is 2.29 bits per heavy atom. The molecule has 0 aromatic heterocycles. The number of morpholine rings is 1. The molecule has 0 amide bonds. The molecule has 5 heteroatoms. The van der Waals surface area contributed by atoms with Gasteiger partial charge in [0.15, 0.2) is 0 Å². The molecule has 1 saturated heterocycles. The summed E-state index contributed by atoms with van der Waals surface area (Å²) in [5.74, 6) is 0.326. The summed E-state index contributed by atoms with van der Waals surface area (Å²) in [6.45, 7) is 7.26. The van der Waals surface area contributed by atoms with Gasteiger partial charge in [-0.2, -0.15) is 0 Å². The molecule has 1 fully saturated rings. The molecule has 0 bridgehead atoms. The molecule has 0 aromatic rings. The van der Waals surface area contributed by atoms with Gasteiger partial charge >= 0.3 is 0 Å². The van der Waals surface area contributed by atoms with E-state index in [9.17, 15) is 0 Å². The summed E-state index contributed by atoms with van der Waals surface area (Å²) in [4.78, 5) is 2.50. The van der Waals surface area contributed by atoms with Crippen LogP contribution in [0.3, 0.4) is 0 Å². The lowest BCUT2D eigenvalue weighted by Crippen LogP contribution is -2.48. The van der Waals surface area contributed by atoms with Crippen molar-refractivity contribution in [2.45, 2.75) is 51.7 Å². The van der Waals surface area contributed by atoms with Crippen LogP contribution in [0.1, 0.15) is 39.5 Å². The minimum atomic E-state index is 0.326. The van der Waals surface area contributed by atoms with Crippen LogP contribution in [0.2, 0.25) is 0 Å². The number of oxime groups is 1. The minimum Gasteiger partial charge on any atom is -0.409 e. The second kappa shape index (κ2) is 7.50. The van der Waals surface area contributed by atoms with Crippen LogP contribution < -0.4 is 5.73 Å². The van der Waals surface area contributed by atoms with Gasteiger partial charge in [-0.25, -0.2) is 0 Å². The van der Waals surface area contributed by atoms with Gasteiger partial charge in [-0.15, -0.1) is 0 Å². The first-order chi connectivity index (χ1) is 8.17. The third kappa shape index (κ3) is 4.91. The number of unbranched alkanes of at least 4 members (excludes halogenated alkanes) is 1. The van der Waals surface area contributed by atoms with Gasteiger partial charge in [0.2, 0.25) is 0 Å². The van der Waals surface area contributed by atoms with E-state index in [-0.39, 0.29) is 0 Å². The van der Waals surface area contributed by atoms with Crippen LogP contribution in [-0.4, -0.2) is 47.8 Å². The maximum atomic E-state index is 8.43. The van der Waals surface area contributed by atoms with Gasteiger partial charge in [-0.1, -0.05) is 12.1 Å². The number of nitrogens with zero attached hydrogens (tertiary/aromatic N) is 2. The zero-order valence-corrected chi connectivity index (χ0v) is 10.9. The van der Waals surface area contributed by atoms with E-state index >= 15 is 0 Å². The average Bonchev–Trinajstić information content (AvgIpc) is 2.34. The standard InChI is InChI=1S/C12H25N3O2/c1-3-11-9-17-10(2)8-15(11)7-5-4-6-12(13)14-16/h10-11,16H,3-9H2,1-2H3,(H2,13,14). The van der Waals surface area contributed by atoms with Crippen molar-refractivity contribution in [3.8, 4) is 0 Å². The maximum absolute atomic E-state index is 8.43. The molecule has 0 spiro atoms. The monoisotopic (exact) mass is 243 g/mol. The van der Waals surface area contributed by atoms with Crippen molar-refractivity contribution in [3.63, 3.8) is 0 Å². The molecule has 0 aliphatic carbocycles. The summed E-state index contributed by atoms with van der Waals surface area (Å²) < 4.78 is 5.66. The van der Waals surface area contributed by atoms with Crippen LogP contribution in [0.25, 0.3) is 0 Å². The van der Waals surface area contributed by atoms with E-state index in [0.717, 1.165) is 39.0 Å². The van der Waals surface area contributed by atoms with Crippen LogP contribution in [0.4, 0.5) is 0 Å². The quantitative estimate of drug-likeness (QED) is 0.243. The number of hydrogen-bond acceptors (Lipinski definition) is 4. The van der Waals surface area contributed by atoms with Crippen molar-refractivity contribution in [2.75, 3.05) is 19.7 Å². The second-order valence-electron chi connectivity index (χ2n) is 4.75. The molecule has 1 heterocycles. The van der Waals surface area contributed by atoms with Gasteiger partial charge in [0, 0.05) is 19.0 Å². The topological polar surface area (TPSA) is 71.1 Å². The third-order valence-electron chi connectivity index (χ3n) is 3.31. The molecular formula is C12H25N3O2. The number of hydrogen-bond donors (Lipinski definition) is 2. The predicted octanol–water partition coefficient (Wildman–Crippen LogP) is 1.40. The molecule has 100 valence electrons. The predicted molar refractivity (Wildman–Crippen MR) is 68.3 cm³/mol. The van der Waals surface area contributed by atoms with E-state index in [1.165, 1.54) is 0 Å². The third-order valence-corrected chi connectivity index (χ3v) is 3.31. The van der Waals surface area contributed by atoms with Crippen LogP contribution in [-0.2, 0) is 4.74 Å². The highest BCUT2D eigenvalue weighted by molar-refractivity contribution is 5.79.